The van der Waals surface area contributed by atoms with Gasteiger partial charge in [0.05, 0.1) is 13.2 Å². The van der Waals surface area contributed by atoms with E-state index in [1.165, 1.54) is 89.9 Å². The first kappa shape index (κ1) is 30.4. The molecule has 1 heterocycles. The van der Waals surface area contributed by atoms with E-state index in [2.05, 4.69) is 11.4 Å². The van der Waals surface area contributed by atoms with Gasteiger partial charge in [0.2, 0.25) is 0 Å². The molecule has 1 rings (SSSR count). The van der Waals surface area contributed by atoms with Gasteiger partial charge in [0.15, 0.2) is 0 Å². The fourth-order valence-corrected chi connectivity index (χ4v) is 4.88. The summed E-state index contributed by atoms with van der Waals surface area (Å²) in [6.45, 7) is 3.73. The van der Waals surface area contributed by atoms with Crippen LogP contribution in [0.2, 0.25) is 0 Å². The number of amides is 1. The second-order valence-corrected chi connectivity index (χ2v) is 10.9. The summed E-state index contributed by atoms with van der Waals surface area (Å²) in [6.07, 6.45) is 22.3. The molecular formula is C25H50NO6P. The third-order valence-electron chi connectivity index (χ3n) is 6.48. The zero-order valence-electron chi connectivity index (χ0n) is 21.1. The third-order valence-corrected chi connectivity index (χ3v) is 6.96. The van der Waals surface area contributed by atoms with Crippen LogP contribution in [-0.2, 0) is 13.8 Å². The van der Waals surface area contributed by atoms with Gasteiger partial charge in [-0.1, -0.05) is 103 Å². The van der Waals surface area contributed by atoms with E-state index >= 15 is 0 Å². The molecule has 1 aliphatic heterocycles. The molecule has 0 aromatic heterocycles. The monoisotopic (exact) mass is 491 g/mol. The quantitative estimate of drug-likeness (QED) is 0.138. The van der Waals surface area contributed by atoms with Crippen LogP contribution in [0.15, 0.2) is 0 Å². The summed E-state index contributed by atoms with van der Waals surface area (Å²) in [4.78, 5) is 31.5. The Bertz CT molecular complexity index is 527. The van der Waals surface area contributed by atoms with Gasteiger partial charge in [0, 0.05) is 19.0 Å². The first-order chi connectivity index (χ1) is 15.9. The molecule has 0 saturated carbocycles. The number of carbonyl (C=O) groups is 1. The van der Waals surface area contributed by atoms with Gasteiger partial charge in [-0.3, -0.25) is 4.52 Å². The van der Waals surface area contributed by atoms with Crippen molar-refractivity contribution in [2.75, 3.05) is 26.3 Å². The Morgan fingerprint density at radius 1 is 0.848 bits per heavy atom. The lowest BCUT2D eigenvalue weighted by molar-refractivity contribution is 0.0703. The predicted molar refractivity (Wildman–Crippen MR) is 133 cm³/mol. The highest BCUT2D eigenvalue weighted by molar-refractivity contribution is 7.46. The Morgan fingerprint density at radius 3 is 1.82 bits per heavy atom. The topological polar surface area (TPSA) is 96.3 Å². The van der Waals surface area contributed by atoms with Crippen molar-refractivity contribution in [3.63, 3.8) is 0 Å². The Kier molecular flexibility index (Phi) is 18.1. The smallest absolute Gasteiger partial charge is 0.449 e. The second kappa shape index (κ2) is 19.7. The molecule has 8 heteroatoms. The van der Waals surface area contributed by atoms with Gasteiger partial charge in [0.1, 0.15) is 0 Å². The van der Waals surface area contributed by atoms with Crippen LogP contribution in [0.4, 0.5) is 4.79 Å². The van der Waals surface area contributed by atoms with E-state index in [9.17, 15) is 9.36 Å². The van der Waals surface area contributed by atoms with E-state index in [4.69, 9.17) is 14.5 Å². The predicted octanol–water partition coefficient (Wildman–Crippen LogP) is 7.21. The number of unbranched alkanes of at least 4 members (excludes halogenated alkanes) is 15. The molecule has 0 aromatic rings. The first-order valence-electron chi connectivity index (χ1n) is 13.5. The molecule has 1 fully saturated rings. The number of piperidine rings is 1. The van der Waals surface area contributed by atoms with Gasteiger partial charge in [-0.15, -0.1) is 0 Å². The van der Waals surface area contributed by atoms with Crippen molar-refractivity contribution in [2.24, 2.45) is 5.92 Å². The number of hydrogen-bond acceptors (Lipinski definition) is 4. The van der Waals surface area contributed by atoms with Gasteiger partial charge in [-0.2, -0.15) is 0 Å². The average molecular weight is 492 g/mol. The van der Waals surface area contributed by atoms with Crippen LogP contribution in [0.5, 0.6) is 0 Å². The van der Waals surface area contributed by atoms with E-state index < -0.39 is 7.82 Å². The van der Waals surface area contributed by atoms with Crippen molar-refractivity contribution in [1.29, 1.82) is 0 Å². The molecule has 1 saturated heterocycles. The van der Waals surface area contributed by atoms with Gasteiger partial charge in [0.25, 0.3) is 0 Å². The zero-order valence-corrected chi connectivity index (χ0v) is 21.9. The summed E-state index contributed by atoms with van der Waals surface area (Å²) < 4.78 is 20.8. The number of phosphoric acid groups is 1. The minimum absolute atomic E-state index is 0.0345. The van der Waals surface area contributed by atoms with E-state index in [-0.39, 0.29) is 18.6 Å². The zero-order chi connectivity index (χ0) is 24.2. The van der Waals surface area contributed by atoms with Crippen molar-refractivity contribution >= 4 is 13.9 Å². The summed E-state index contributed by atoms with van der Waals surface area (Å²) in [7, 11) is -4.46. The van der Waals surface area contributed by atoms with Crippen molar-refractivity contribution in [3.05, 3.63) is 0 Å². The standard InChI is InChI=1S/C25H50NO6P/c1-2-3-4-5-6-7-8-9-10-11-12-13-14-15-16-17-21-31-25(27)26-20-18-19-24(22-26)23-32-33(28,29)30/h24H,2-23H2,1H3,(H2,28,29,30). The van der Waals surface area contributed by atoms with Crippen LogP contribution < -0.4 is 0 Å². The van der Waals surface area contributed by atoms with Crippen molar-refractivity contribution in [1.82, 2.24) is 4.90 Å². The fourth-order valence-electron chi connectivity index (χ4n) is 4.47. The van der Waals surface area contributed by atoms with E-state index in [1.807, 2.05) is 0 Å². The van der Waals surface area contributed by atoms with Crippen molar-refractivity contribution in [2.45, 2.75) is 122 Å². The summed E-state index contributed by atoms with van der Waals surface area (Å²) in [5, 5.41) is 0. The highest BCUT2D eigenvalue weighted by atomic mass is 31.2. The third kappa shape index (κ3) is 18.4. The largest absolute Gasteiger partial charge is 0.469 e. The minimum Gasteiger partial charge on any atom is -0.449 e. The number of likely N-dealkylation sites (tertiary alicyclic amines) is 1. The maximum absolute atomic E-state index is 12.2. The molecule has 33 heavy (non-hydrogen) atoms. The number of ether oxygens (including phenoxy) is 1. The van der Waals surface area contributed by atoms with Crippen molar-refractivity contribution in [3.8, 4) is 0 Å². The molecule has 0 radical (unpaired) electrons. The Labute approximate surface area is 202 Å². The lowest BCUT2D eigenvalue weighted by Gasteiger charge is -2.31. The number of rotatable bonds is 20. The molecule has 1 aliphatic rings. The summed E-state index contributed by atoms with van der Waals surface area (Å²) in [5.41, 5.74) is 0. The van der Waals surface area contributed by atoms with Crippen LogP contribution in [0.1, 0.15) is 122 Å². The van der Waals surface area contributed by atoms with Gasteiger partial charge < -0.3 is 19.4 Å². The maximum Gasteiger partial charge on any atom is 0.469 e. The van der Waals surface area contributed by atoms with E-state index in [1.54, 1.807) is 4.90 Å². The lowest BCUT2D eigenvalue weighted by Crippen LogP contribution is -2.41. The van der Waals surface area contributed by atoms with Gasteiger partial charge in [-0.05, 0) is 19.3 Å². The maximum atomic E-state index is 12.2. The molecule has 1 atom stereocenters. The molecule has 1 amide bonds. The van der Waals surface area contributed by atoms with Crippen LogP contribution >= 0.6 is 7.82 Å². The molecule has 0 aromatic carbocycles. The summed E-state index contributed by atoms with van der Waals surface area (Å²) >= 11 is 0. The molecule has 1 unspecified atom stereocenters. The number of hydrogen-bond donors (Lipinski definition) is 2. The molecular weight excluding hydrogens is 441 g/mol. The van der Waals surface area contributed by atoms with Crippen molar-refractivity contribution < 1.29 is 28.4 Å². The normalized spacial score (nSPS) is 16.8. The first-order valence-corrected chi connectivity index (χ1v) is 15.1. The Balaban J connectivity index is 1.87. The molecule has 196 valence electrons. The lowest BCUT2D eigenvalue weighted by atomic mass is 10.00. The molecule has 7 nitrogen and oxygen atoms in total. The van der Waals surface area contributed by atoms with Crippen LogP contribution in [0.25, 0.3) is 0 Å². The van der Waals surface area contributed by atoms with Gasteiger partial charge in [-0.25, -0.2) is 9.36 Å². The average Bonchev–Trinajstić information content (AvgIpc) is 2.79. The Morgan fingerprint density at radius 2 is 1.33 bits per heavy atom. The van der Waals surface area contributed by atoms with Crippen LogP contribution in [0, 0.1) is 5.92 Å². The minimum atomic E-state index is -4.46. The van der Waals surface area contributed by atoms with E-state index in [0.717, 1.165) is 25.7 Å². The van der Waals surface area contributed by atoms with Crippen LogP contribution in [0.3, 0.4) is 0 Å². The number of nitrogens with zero attached hydrogens (tertiary/aromatic N) is 1. The summed E-state index contributed by atoms with van der Waals surface area (Å²) in [6, 6.07) is 0. The number of phosphoric ester groups is 1. The van der Waals surface area contributed by atoms with E-state index in [0.29, 0.717) is 19.7 Å². The fraction of sp³-hybridized carbons (Fsp3) is 0.960. The molecule has 0 bridgehead atoms. The highest BCUT2D eigenvalue weighted by Gasteiger charge is 2.27. The molecule has 0 aliphatic carbocycles. The Hall–Kier alpha value is -0.620. The number of carbonyl (C=O) groups excluding carboxylic acids is 1. The molecule has 2 N–H and O–H groups in total. The van der Waals surface area contributed by atoms with Crippen LogP contribution in [-0.4, -0.2) is 47.1 Å². The molecule has 0 spiro atoms. The highest BCUT2D eigenvalue weighted by Crippen LogP contribution is 2.37. The van der Waals surface area contributed by atoms with Gasteiger partial charge >= 0.3 is 13.9 Å². The SMILES string of the molecule is CCCCCCCCCCCCCCCCCCOC(=O)N1CCCC(COP(=O)(O)O)C1. The second-order valence-electron chi connectivity index (χ2n) is 9.66. The summed E-state index contributed by atoms with van der Waals surface area (Å²) in [5.74, 6) is -0.0607.